The largest absolute Gasteiger partial charge is 0.357 e. The van der Waals surface area contributed by atoms with E-state index in [2.05, 4.69) is 38.4 Å². The minimum absolute atomic E-state index is 1.09. The molecule has 3 aromatic rings. The van der Waals surface area contributed by atoms with Gasteiger partial charge in [0.15, 0.2) is 0 Å². The van der Waals surface area contributed by atoms with E-state index in [0.717, 1.165) is 24.5 Å². The molecule has 1 aliphatic rings. The summed E-state index contributed by atoms with van der Waals surface area (Å²) in [5.41, 5.74) is 2.31. The van der Waals surface area contributed by atoms with Crippen molar-refractivity contribution in [1.82, 2.24) is 9.97 Å². The zero-order valence-corrected chi connectivity index (χ0v) is 11.9. The summed E-state index contributed by atoms with van der Waals surface area (Å²) in [6, 6.07) is 6.45. The van der Waals surface area contributed by atoms with Gasteiger partial charge < -0.3 is 4.90 Å². The second-order valence-corrected chi connectivity index (χ2v) is 6.07. The van der Waals surface area contributed by atoms with Crippen LogP contribution in [0.1, 0.15) is 12.8 Å². The van der Waals surface area contributed by atoms with Gasteiger partial charge in [0.2, 0.25) is 0 Å². The van der Waals surface area contributed by atoms with Crippen LogP contribution in [-0.2, 0) is 0 Å². The zero-order valence-electron chi connectivity index (χ0n) is 11.1. The molecule has 0 saturated carbocycles. The van der Waals surface area contributed by atoms with Crippen molar-refractivity contribution in [3.8, 4) is 11.1 Å². The topological polar surface area (TPSA) is 29.0 Å². The van der Waals surface area contributed by atoms with Gasteiger partial charge in [-0.2, -0.15) is 0 Å². The maximum absolute atomic E-state index is 4.63. The van der Waals surface area contributed by atoms with Crippen LogP contribution in [0.15, 0.2) is 42.2 Å². The first-order chi connectivity index (χ1) is 9.92. The first-order valence-electron chi connectivity index (χ1n) is 6.94. The Balaban J connectivity index is 1.73. The molecule has 0 spiro atoms. The lowest BCUT2D eigenvalue weighted by molar-refractivity contribution is 0.938. The van der Waals surface area contributed by atoms with Crippen molar-refractivity contribution in [1.29, 1.82) is 0 Å². The average Bonchev–Trinajstić information content (AvgIpc) is 3.18. The van der Waals surface area contributed by atoms with Crippen LogP contribution in [0.3, 0.4) is 0 Å². The van der Waals surface area contributed by atoms with Crippen LogP contribution in [-0.4, -0.2) is 23.1 Å². The predicted molar refractivity (Wildman–Crippen MR) is 84.3 cm³/mol. The maximum Gasteiger partial charge on any atom is 0.128 e. The molecule has 1 aliphatic heterocycles. The third-order valence-corrected chi connectivity index (χ3v) is 4.72. The number of hydrogen-bond acceptors (Lipinski definition) is 4. The Morgan fingerprint density at radius 1 is 1.00 bits per heavy atom. The summed E-state index contributed by atoms with van der Waals surface area (Å²) in [5.74, 6) is 1.09. The molecule has 1 fully saturated rings. The highest BCUT2D eigenvalue weighted by molar-refractivity contribution is 7.17. The van der Waals surface area contributed by atoms with E-state index in [9.17, 15) is 0 Å². The van der Waals surface area contributed by atoms with Crippen LogP contribution >= 0.6 is 11.3 Å². The van der Waals surface area contributed by atoms with E-state index in [4.69, 9.17) is 0 Å². The fraction of sp³-hybridized carbons (Fsp3) is 0.250. The molecule has 4 heteroatoms. The Kier molecular flexibility index (Phi) is 2.89. The summed E-state index contributed by atoms with van der Waals surface area (Å²) in [6.07, 6.45) is 8.39. The lowest BCUT2D eigenvalue weighted by atomic mass is 10.1. The second kappa shape index (κ2) is 4.87. The van der Waals surface area contributed by atoms with E-state index in [1.165, 1.54) is 28.5 Å². The molecular formula is C16H15N3S. The van der Waals surface area contributed by atoms with E-state index >= 15 is 0 Å². The molecule has 0 aromatic carbocycles. The van der Waals surface area contributed by atoms with Crippen LogP contribution in [0.5, 0.6) is 0 Å². The standard InChI is InChI=1S/C16H15N3S/c1-2-7-19(6-1)16-4-3-12(9-18-16)14-10-17-11-15-13(14)5-8-20-15/h3-5,8-11H,1-2,6-7H2. The third kappa shape index (κ3) is 1.96. The summed E-state index contributed by atoms with van der Waals surface area (Å²) < 4.78 is 1.23. The van der Waals surface area contributed by atoms with Crippen LogP contribution in [0, 0.1) is 0 Å². The van der Waals surface area contributed by atoms with Crippen LogP contribution < -0.4 is 4.90 Å². The van der Waals surface area contributed by atoms with Gasteiger partial charge in [-0.1, -0.05) is 0 Å². The van der Waals surface area contributed by atoms with Crippen molar-refractivity contribution >= 4 is 27.2 Å². The fourth-order valence-corrected chi connectivity index (χ4v) is 3.58. The van der Waals surface area contributed by atoms with Crippen molar-refractivity contribution in [2.24, 2.45) is 0 Å². The van der Waals surface area contributed by atoms with Gasteiger partial charge in [-0.3, -0.25) is 4.98 Å². The van der Waals surface area contributed by atoms with E-state index < -0.39 is 0 Å². The van der Waals surface area contributed by atoms with Gasteiger partial charge in [0.1, 0.15) is 5.82 Å². The predicted octanol–water partition coefficient (Wildman–Crippen LogP) is 3.96. The summed E-state index contributed by atoms with van der Waals surface area (Å²) in [7, 11) is 0. The van der Waals surface area contributed by atoms with Crippen molar-refractivity contribution in [2.75, 3.05) is 18.0 Å². The minimum atomic E-state index is 1.09. The number of hydrogen-bond donors (Lipinski definition) is 0. The van der Waals surface area contributed by atoms with Crippen molar-refractivity contribution in [3.05, 3.63) is 42.2 Å². The summed E-state index contributed by atoms with van der Waals surface area (Å²) in [5, 5.41) is 3.38. The molecule has 0 aliphatic carbocycles. The Morgan fingerprint density at radius 3 is 2.70 bits per heavy atom. The lowest BCUT2D eigenvalue weighted by Gasteiger charge is -2.16. The van der Waals surface area contributed by atoms with Crippen LogP contribution in [0.25, 0.3) is 21.2 Å². The van der Waals surface area contributed by atoms with Gasteiger partial charge in [0.05, 0.1) is 4.70 Å². The Labute approximate surface area is 121 Å². The van der Waals surface area contributed by atoms with Gasteiger partial charge in [0.25, 0.3) is 0 Å². The monoisotopic (exact) mass is 281 g/mol. The van der Waals surface area contributed by atoms with Gasteiger partial charge in [-0.15, -0.1) is 11.3 Å². The molecule has 1 saturated heterocycles. The SMILES string of the molecule is c1cc2c(-c3ccc(N4CCCC4)nc3)cncc2s1. The normalized spacial score (nSPS) is 15.1. The molecule has 0 amide bonds. The van der Waals surface area contributed by atoms with E-state index in [-0.39, 0.29) is 0 Å². The molecule has 0 atom stereocenters. The number of anilines is 1. The van der Waals surface area contributed by atoms with Gasteiger partial charge in [0, 0.05) is 48.2 Å². The first-order valence-corrected chi connectivity index (χ1v) is 7.82. The summed E-state index contributed by atoms with van der Waals surface area (Å²) in [6.45, 7) is 2.27. The maximum atomic E-state index is 4.63. The van der Waals surface area contributed by atoms with Crippen molar-refractivity contribution in [2.45, 2.75) is 12.8 Å². The molecule has 3 nitrogen and oxygen atoms in total. The first kappa shape index (κ1) is 11.9. The zero-order chi connectivity index (χ0) is 13.4. The lowest BCUT2D eigenvalue weighted by Crippen LogP contribution is -2.18. The molecule has 0 N–H and O–H groups in total. The average molecular weight is 281 g/mol. The minimum Gasteiger partial charge on any atom is -0.357 e. The van der Waals surface area contributed by atoms with Gasteiger partial charge in [-0.05, 0) is 36.4 Å². The molecule has 0 bridgehead atoms. The second-order valence-electron chi connectivity index (χ2n) is 5.12. The summed E-state index contributed by atoms with van der Waals surface area (Å²) in [4.78, 5) is 11.3. The van der Waals surface area contributed by atoms with E-state index in [1.54, 1.807) is 11.3 Å². The molecule has 4 rings (SSSR count). The van der Waals surface area contributed by atoms with Crippen molar-refractivity contribution in [3.63, 3.8) is 0 Å². The van der Waals surface area contributed by atoms with E-state index in [1.807, 2.05) is 18.6 Å². The molecule has 3 aromatic heterocycles. The summed E-state index contributed by atoms with van der Waals surface area (Å²) >= 11 is 1.73. The number of nitrogens with zero attached hydrogens (tertiary/aromatic N) is 3. The molecule has 0 unspecified atom stereocenters. The number of aromatic nitrogens is 2. The number of fused-ring (bicyclic) bond motifs is 1. The van der Waals surface area contributed by atoms with Crippen LogP contribution in [0.2, 0.25) is 0 Å². The number of pyridine rings is 2. The highest BCUT2D eigenvalue weighted by Gasteiger charge is 2.13. The Bertz CT molecular complexity index is 727. The molecule has 100 valence electrons. The van der Waals surface area contributed by atoms with Crippen molar-refractivity contribution < 1.29 is 0 Å². The molecule has 20 heavy (non-hydrogen) atoms. The Morgan fingerprint density at radius 2 is 1.90 bits per heavy atom. The van der Waals surface area contributed by atoms with E-state index in [0.29, 0.717) is 0 Å². The smallest absolute Gasteiger partial charge is 0.128 e. The van der Waals surface area contributed by atoms with Gasteiger partial charge >= 0.3 is 0 Å². The van der Waals surface area contributed by atoms with Crippen LogP contribution in [0.4, 0.5) is 5.82 Å². The number of rotatable bonds is 2. The fourth-order valence-electron chi connectivity index (χ4n) is 2.80. The highest BCUT2D eigenvalue weighted by Crippen LogP contribution is 2.31. The van der Waals surface area contributed by atoms with Gasteiger partial charge in [-0.25, -0.2) is 4.98 Å². The quantitative estimate of drug-likeness (QED) is 0.712. The molecule has 4 heterocycles. The molecule has 0 radical (unpaired) electrons. The highest BCUT2D eigenvalue weighted by atomic mass is 32.1. The third-order valence-electron chi connectivity index (χ3n) is 3.87. The number of thiophene rings is 1. The molecular weight excluding hydrogens is 266 g/mol. The Hall–Kier alpha value is -1.94.